The average molecular weight is 447 g/mol. The highest BCUT2D eigenvalue weighted by molar-refractivity contribution is 5.96. The number of carbonyl (C=O) groups excluding carboxylic acids is 1. The topological polar surface area (TPSA) is 76.6 Å². The molecule has 0 aliphatic rings. The molecule has 6 heteroatoms. The van der Waals surface area contributed by atoms with Crippen molar-refractivity contribution in [3.63, 3.8) is 0 Å². The molecular formula is C27H30N2O4. The second-order valence-corrected chi connectivity index (χ2v) is 9.62. The van der Waals surface area contributed by atoms with Crippen molar-refractivity contribution in [3.8, 4) is 0 Å². The predicted octanol–water partition coefficient (Wildman–Crippen LogP) is 5.17. The van der Waals surface area contributed by atoms with Crippen LogP contribution in [0, 0.1) is 6.92 Å². The van der Waals surface area contributed by atoms with Gasteiger partial charge in [-0.1, -0.05) is 26.8 Å². The third-order valence-corrected chi connectivity index (χ3v) is 6.23. The van der Waals surface area contributed by atoms with Gasteiger partial charge in [0, 0.05) is 66.3 Å². The van der Waals surface area contributed by atoms with Gasteiger partial charge in [-0.05, 0) is 42.5 Å². The minimum absolute atomic E-state index is 0.00914. The van der Waals surface area contributed by atoms with Crippen molar-refractivity contribution in [1.29, 1.82) is 0 Å². The smallest absolute Gasteiger partial charge is 0.339 e. The number of likely N-dealkylation sites (N-methyl/N-ethyl adjacent to an activating group) is 1. The molecule has 172 valence electrons. The molecule has 0 bridgehead atoms. The van der Waals surface area contributed by atoms with Crippen LogP contribution in [0.3, 0.4) is 0 Å². The van der Waals surface area contributed by atoms with Crippen LogP contribution in [-0.4, -0.2) is 29.4 Å². The highest BCUT2D eigenvalue weighted by atomic mass is 16.4. The monoisotopic (exact) mass is 446 g/mol. The number of aryl methyl sites for hydroxylation is 1. The van der Waals surface area contributed by atoms with E-state index in [9.17, 15) is 9.59 Å². The van der Waals surface area contributed by atoms with Gasteiger partial charge >= 0.3 is 5.63 Å². The molecule has 0 radical (unpaired) electrons. The summed E-state index contributed by atoms with van der Waals surface area (Å²) in [6.45, 7) is 8.92. The van der Waals surface area contributed by atoms with Gasteiger partial charge in [0.05, 0.1) is 6.26 Å². The van der Waals surface area contributed by atoms with Crippen LogP contribution in [0.4, 0.5) is 0 Å². The van der Waals surface area contributed by atoms with E-state index in [0.717, 1.165) is 27.6 Å². The van der Waals surface area contributed by atoms with Gasteiger partial charge in [-0.2, -0.15) is 0 Å². The maximum absolute atomic E-state index is 12.7. The lowest BCUT2D eigenvalue weighted by atomic mass is 9.86. The van der Waals surface area contributed by atoms with Crippen molar-refractivity contribution in [3.05, 3.63) is 75.6 Å². The fraction of sp³-hybridized carbons (Fsp3) is 0.370. The standard InChI is InChI=1S/C27H30N2O4/c1-17-19(9-10-25(30)29(5)13-11-18-8-6-7-12-28-18)26(31)33-24-15-23-21(14-20(17)24)22(16-32-23)27(2,3)4/h6-8,12,14-16H,9-11,13H2,1-5H3. The van der Waals surface area contributed by atoms with E-state index in [0.29, 0.717) is 36.1 Å². The number of pyridine rings is 1. The number of hydrogen-bond donors (Lipinski definition) is 0. The average Bonchev–Trinajstić information content (AvgIpc) is 3.20. The molecule has 0 saturated carbocycles. The molecular weight excluding hydrogens is 416 g/mol. The van der Waals surface area contributed by atoms with Crippen molar-refractivity contribution in [2.45, 2.75) is 52.4 Å². The molecule has 0 aliphatic heterocycles. The second-order valence-electron chi connectivity index (χ2n) is 9.62. The van der Waals surface area contributed by atoms with Gasteiger partial charge in [-0.15, -0.1) is 0 Å². The Labute approximate surface area is 193 Å². The van der Waals surface area contributed by atoms with Crippen LogP contribution >= 0.6 is 0 Å². The van der Waals surface area contributed by atoms with E-state index in [1.807, 2.05) is 31.2 Å². The number of carbonyl (C=O) groups is 1. The Hall–Kier alpha value is -3.41. The Balaban J connectivity index is 1.55. The fourth-order valence-electron chi connectivity index (χ4n) is 4.16. The summed E-state index contributed by atoms with van der Waals surface area (Å²) in [5, 5.41) is 1.89. The molecule has 6 nitrogen and oxygen atoms in total. The molecule has 1 amide bonds. The molecule has 0 aliphatic carbocycles. The van der Waals surface area contributed by atoms with E-state index in [1.54, 1.807) is 30.5 Å². The first-order valence-electron chi connectivity index (χ1n) is 11.3. The highest BCUT2D eigenvalue weighted by Gasteiger charge is 2.22. The summed E-state index contributed by atoms with van der Waals surface area (Å²) in [5.74, 6) is -0.00914. The van der Waals surface area contributed by atoms with Gasteiger partial charge in [-0.25, -0.2) is 4.79 Å². The molecule has 33 heavy (non-hydrogen) atoms. The first kappa shape index (κ1) is 22.8. The van der Waals surface area contributed by atoms with Crippen molar-refractivity contribution < 1.29 is 13.6 Å². The third kappa shape index (κ3) is 4.70. The lowest BCUT2D eigenvalue weighted by Gasteiger charge is -2.17. The molecule has 0 spiro atoms. The van der Waals surface area contributed by atoms with Crippen LogP contribution in [0.15, 0.2) is 56.4 Å². The minimum atomic E-state index is -0.397. The van der Waals surface area contributed by atoms with Crippen LogP contribution in [0.25, 0.3) is 21.9 Å². The van der Waals surface area contributed by atoms with Gasteiger partial charge < -0.3 is 13.7 Å². The Bertz CT molecular complexity index is 1360. The number of rotatable bonds is 6. The lowest BCUT2D eigenvalue weighted by molar-refractivity contribution is -0.129. The van der Waals surface area contributed by atoms with E-state index in [2.05, 4.69) is 25.8 Å². The molecule has 3 heterocycles. The Kier molecular flexibility index (Phi) is 6.11. The van der Waals surface area contributed by atoms with Crippen molar-refractivity contribution in [1.82, 2.24) is 9.88 Å². The molecule has 0 atom stereocenters. The van der Waals surface area contributed by atoms with Crippen LogP contribution < -0.4 is 5.63 Å². The number of fused-ring (bicyclic) bond motifs is 2. The molecule has 0 N–H and O–H groups in total. The maximum Gasteiger partial charge on any atom is 0.339 e. The lowest BCUT2D eigenvalue weighted by Crippen LogP contribution is -2.29. The van der Waals surface area contributed by atoms with Crippen molar-refractivity contribution in [2.75, 3.05) is 13.6 Å². The summed E-state index contributed by atoms with van der Waals surface area (Å²) < 4.78 is 11.4. The van der Waals surface area contributed by atoms with Crippen LogP contribution in [-0.2, 0) is 23.1 Å². The summed E-state index contributed by atoms with van der Waals surface area (Å²) in [7, 11) is 1.78. The normalized spacial score (nSPS) is 11.9. The number of hydrogen-bond acceptors (Lipinski definition) is 5. The van der Waals surface area contributed by atoms with Crippen LogP contribution in [0.5, 0.6) is 0 Å². The number of nitrogens with zero attached hydrogens (tertiary/aromatic N) is 2. The SMILES string of the molecule is Cc1c(CCC(=O)N(C)CCc2ccccn2)c(=O)oc2cc3occ(C(C)(C)C)c3cc12. The third-order valence-electron chi connectivity index (χ3n) is 6.23. The van der Waals surface area contributed by atoms with Gasteiger partial charge in [0.15, 0.2) is 0 Å². The van der Waals surface area contributed by atoms with Gasteiger partial charge in [0.25, 0.3) is 0 Å². The number of aromatic nitrogens is 1. The Morgan fingerprint density at radius 1 is 1.09 bits per heavy atom. The first-order chi connectivity index (χ1) is 15.6. The molecule has 3 aromatic heterocycles. The van der Waals surface area contributed by atoms with E-state index < -0.39 is 5.63 Å². The number of benzene rings is 1. The Morgan fingerprint density at radius 2 is 1.88 bits per heavy atom. The summed E-state index contributed by atoms with van der Waals surface area (Å²) in [5.41, 5.74) is 4.19. The zero-order valence-electron chi connectivity index (χ0n) is 19.9. The zero-order chi connectivity index (χ0) is 23.8. The minimum Gasteiger partial charge on any atom is -0.464 e. The van der Waals surface area contributed by atoms with Crippen LogP contribution in [0.2, 0.25) is 0 Å². The van der Waals surface area contributed by atoms with Gasteiger partial charge in [-0.3, -0.25) is 9.78 Å². The molecule has 0 fully saturated rings. The quantitative estimate of drug-likeness (QED) is 0.382. The van der Waals surface area contributed by atoms with E-state index in [4.69, 9.17) is 8.83 Å². The predicted molar refractivity (Wildman–Crippen MR) is 130 cm³/mol. The second kappa shape index (κ2) is 8.85. The van der Waals surface area contributed by atoms with Gasteiger partial charge in [0.1, 0.15) is 11.2 Å². The molecule has 1 aromatic carbocycles. The van der Waals surface area contributed by atoms with Crippen molar-refractivity contribution >= 4 is 27.8 Å². The highest BCUT2D eigenvalue weighted by Crippen LogP contribution is 2.35. The van der Waals surface area contributed by atoms with E-state index >= 15 is 0 Å². The van der Waals surface area contributed by atoms with E-state index in [-0.39, 0.29) is 17.7 Å². The first-order valence-corrected chi connectivity index (χ1v) is 11.3. The summed E-state index contributed by atoms with van der Waals surface area (Å²) >= 11 is 0. The number of amides is 1. The Morgan fingerprint density at radius 3 is 2.58 bits per heavy atom. The number of furan rings is 1. The molecule has 4 rings (SSSR count). The van der Waals surface area contributed by atoms with E-state index in [1.165, 1.54) is 0 Å². The summed E-state index contributed by atoms with van der Waals surface area (Å²) in [6, 6.07) is 9.58. The van der Waals surface area contributed by atoms with Crippen molar-refractivity contribution in [2.24, 2.45) is 0 Å². The maximum atomic E-state index is 12.7. The fourth-order valence-corrected chi connectivity index (χ4v) is 4.16. The summed E-state index contributed by atoms with van der Waals surface area (Å²) in [6.07, 6.45) is 4.80. The van der Waals surface area contributed by atoms with Crippen LogP contribution in [0.1, 0.15) is 49.6 Å². The molecule has 0 unspecified atom stereocenters. The van der Waals surface area contributed by atoms with Gasteiger partial charge in [0.2, 0.25) is 5.91 Å². The molecule has 4 aromatic rings. The molecule has 0 saturated heterocycles. The summed E-state index contributed by atoms with van der Waals surface area (Å²) in [4.78, 5) is 31.4. The largest absolute Gasteiger partial charge is 0.464 e. The zero-order valence-corrected chi connectivity index (χ0v) is 19.9.